The number of carbonyl (C=O) groups excluding carboxylic acids is 2. The van der Waals surface area contributed by atoms with E-state index >= 15 is 0 Å². The highest BCUT2D eigenvalue weighted by molar-refractivity contribution is 5.94. The van der Waals surface area contributed by atoms with E-state index in [1.54, 1.807) is 0 Å². The Morgan fingerprint density at radius 1 is 1.21 bits per heavy atom. The lowest BCUT2D eigenvalue weighted by atomic mass is 9.98. The molecule has 0 bridgehead atoms. The standard InChI is InChI=1S/C11H10O3/c12-10-7-9(11(13)14-10)6-8-4-2-1-3-5-8/h1-5,9H,6-7H2/t9-/m1/s1. The molecule has 1 atom stereocenters. The van der Waals surface area contributed by atoms with E-state index in [1.807, 2.05) is 30.3 Å². The monoisotopic (exact) mass is 190 g/mol. The summed E-state index contributed by atoms with van der Waals surface area (Å²) < 4.78 is 4.47. The number of cyclic esters (lactones) is 2. The minimum atomic E-state index is -0.407. The molecule has 0 N–H and O–H groups in total. The molecule has 3 nitrogen and oxygen atoms in total. The van der Waals surface area contributed by atoms with Crippen LogP contribution in [0.2, 0.25) is 0 Å². The van der Waals surface area contributed by atoms with Gasteiger partial charge in [0, 0.05) is 0 Å². The van der Waals surface area contributed by atoms with Crippen LogP contribution < -0.4 is 0 Å². The molecule has 0 saturated carbocycles. The summed E-state index contributed by atoms with van der Waals surface area (Å²) in [6.45, 7) is 0. The normalized spacial score (nSPS) is 21.0. The van der Waals surface area contributed by atoms with Crippen LogP contribution in [0.1, 0.15) is 12.0 Å². The number of benzene rings is 1. The summed E-state index contributed by atoms with van der Waals surface area (Å²) in [5.41, 5.74) is 1.06. The lowest BCUT2D eigenvalue weighted by molar-refractivity contribution is -0.153. The van der Waals surface area contributed by atoms with Gasteiger partial charge in [0.1, 0.15) is 0 Å². The maximum atomic E-state index is 11.1. The molecule has 1 aromatic carbocycles. The molecule has 1 aromatic rings. The van der Waals surface area contributed by atoms with Crippen molar-refractivity contribution in [1.82, 2.24) is 0 Å². The molecule has 1 saturated heterocycles. The quantitative estimate of drug-likeness (QED) is 0.521. The van der Waals surface area contributed by atoms with Crippen LogP contribution in [0.4, 0.5) is 0 Å². The van der Waals surface area contributed by atoms with E-state index in [1.165, 1.54) is 0 Å². The first-order valence-corrected chi connectivity index (χ1v) is 4.54. The lowest BCUT2D eigenvalue weighted by Gasteiger charge is -2.03. The van der Waals surface area contributed by atoms with Gasteiger partial charge in [0.05, 0.1) is 12.3 Å². The minimum Gasteiger partial charge on any atom is -0.393 e. The molecule has 0 aliphatic carbocycles. The van der Waals surface area contributed by atoms with Gasteiger partial charge in [-0.05, 0) is 12.0 Å². The van der Waals surface area contributed by atoms with Crippen molar-refractivity contribution in [2.24, 2.45) is 5.92 Å². The predicted molar refractivity (Wildman–Crippen MR) is 49.4 cm³/mol. The van der Waals surface area contributed by atoms with Crippen molar-refractivity contribution in [3.05, 3.63) is 35.9 Å². The Morgan fingerprint density at radius 3 is 2.50 bits per heavy atom. The Bertz CT molecular complexity index is 356. The second-order valence-electron chi connectivity index (χ2n) is 3.38. The van der Waals surface area contributed by atoms with Crippen LogP contribution in [-0.4, -0.2) is 11.9 Å². The lowest BCUT2D eigenvalue weighted by Crippen LogP contribution is -2.10. The van der Waals surface area contributed by atoms with Gasteiger partial charge in [0.25, 0.3) is 0 Å². The number of carbonyl (C=O) groups is 2. The summed E-state index contributed by atoms with van der Waals surface area (Å²) in [5.74, 6) is -1.08. The molecule has 0 aromatic heterocycles. The summed E-state index contributed by atoms with van der Waals surface area (Å²) in [7, 11) is 0. The smallest absolute Gasteiger partial charge is 0.317 e. The van der Waals surface area contributed by atoms with Gasteiger partial charge in [-0.25, -0.2) is 0 Å². The highest BCUT2D eigenvalue weighted by Gasteiger charge is 2.33. The predicted octanol–water partition coefficient (Wildman–Crippen LogP) is 1.32. The fourth-order valence-corrected chi connectivity index (χ4v) is 1.58. The number of rotatable bonds is 2. The fraction of sp³-hybridized carbons (Fsp3) is 0.273. The Balaban J connectivity index is 2.05. The van der Waals surface area contributed by atoms with E-state index in [-0.39, 0.29) is 18.3 Å². The van der Waals surface area contributed by atoms with Crippen molar-refractivity contribution in [2.75, 3.05) is 0 Å². The number of hydrogen-bond acceptors (Lipinski definition) is 3. The van der Waals surface area contributed by atoms with E-state index in [2.05, 4.69) is 4.74 Å². The van der Waals surface area contributed by atoms with Crippen molar-refractivity contribution < 1.29 is 14.3 Å². The molecule has 1 aliphatic rings. The molecule has 0 spiro atoms. The van der Waals surface area contributed by atoms with Crippen molar-refractivity contribution >= 4 is 11.9 Å². The molecule has 72 valence electrons. The van der Waals surface area contributed by atoms with Gasteiger partial charge in [0.2, 0.25) is 0 Å². The second-order valence-corrected chi connectivity index (χ2v) is 3.38. The topological polar surface area (TPSA) is 43.4 Å². The largest absolute Gasteiger partial charge is 0.393 e. The van der Waals surface area contributed by atoms with Gasteiger partial charge >= 0.3 is 11.9 Å². The molecule has 0 radical (unpaired) electrons. The van der Waals surface area contributed by atoms with E-state index < -0.39 is 5.97 Å². The Labute approximate surface area is 81.7 Å². The summed E-state index contributed by atoms with van der Waals surface area (Å²) in [5, 5.41) is 0. The molecule has 2 rings (SSSR count). The van der Waals surface area contributed by atoms with Gasteiger partial charge in [-0.2, -0.15) is 0 Å². The zero-order chi connectivity index (χ0) is 9.97. The first-order chi connectivity index (χ1) is 6.75. The second kappa shape index (κ2) is 3.62. The van der Waals surface area contributed by atoms with Crippen LogP contribution in [0.5, 0.6) is 0 Å². The summed E-state index contributed by atoms with van der Waals surface area (Å²) in [6, 6.07) is 9.63. The first-order valence-electron chi connectivity index (χ1n) is 4.54. The molecule has 3 heteroatoms. The van der Waals surface area contributed by atoms with E-state index in [0.717, 1.165) is 5.56 Å². The molecule has 1 heterocycles. The highest BCUT2D eigenvalue weighted by Crippen LogP contribution is 2.20. The number of esters is 2. The molecule has 1 fully saturated rings. The van der Waals surface area contributed by atoms with Gasteiger partial charge < -0.3 is 4.74 Å². The maximum Gasteiger partial charge on any atom is 0.317 e. The first kappa shape index (κ1) is 8.94. The molecule has 0 amide bonds. The third-order valence-corrected chi connectivity index (χ3v) is 2.29. The Kier molecular flexibility index (Phi) is 2.31. The van der Waals surface area contributed by atoms with Crippen molar-refractivity contribution in [1.29, 1.82) is 0 Å². The fourth-order valence-electron chi connectivity index (χ4n) is 1.58. The Morgan fingerprint density at radius 2 is 1.93 bits per heavy atom. The highest BCUT2D eigenvalue weighted by atomic mass is 16.6. The van der Waals surface area contributed by atoms with Gasteiger partial charge in [-0.3, -0.25) is 9.59 Å². The average molecular weight is 190 g/mol. The number of hydrogen-bond donors (Lipinski definition) is 0. The summed E-state index contributed by atoms with van der Waals surface area (Å²) in [6.07, 6.45) is 0.805. The zero-order valence-corrected chi connectivity index (χ0v) is 7.60. The van der Waals surface area contributed by atoms with Crippen LogP contribution >= 0.6 is 0 Å². The van der Waals surface area contributed by atoms with Crippen molar-refractivity contribution in [3.8, 4) is 0 Å². The van der Waals surface area contributed by atoms with E-state index in [4.69, 9.17) is 0 Å². The zero-order valence-electron chi connectivity index (χ0n) is 7.60. The van der Waals surface area contributed by atoms with Crippen LogP contribution in [0.3, 0.4) is 0 Å². The third kappa shape index (κ3) is 1.82. The van der Waals surface area contributed by atoms with E-state index in [9.17, 15) is 9.59 Å². The van der Waals surface area contributed by atoms with Crippen LogP contribution in [0, 0.1) is 5.92 Å². The Hall–Kier alpha value is -1.64. The molecular weight excluding hydrogens is 180 g/mol. The van der Waals surface area contributed by atoms with Crippen molar-refractivity contribution in [2.45, 2.75) is 12.8 Å². The summed E-state index contributed by atoms with van der Waals surface area (Å²) >= 11 is 0. The SMILES string of the molecule is O=C1C[C@@H](Cc2ccccc2)C(=O)O1. The molecular formula is C11H10O3. The molecule has 1 aliphatic heterocycles. The van der Waals surface area contributed by atoms with Gasteiger partial charge in [-0.1, -0.05) is 30.3 Å². The van der Waals surface area contributed by atoms with Crippen molar-refractivity contribution in [3.63, 3.8) is 0 Å². The van der Waals surface area contributed by atoms with Gasteiger partial charge in [-0.15, -0.1) is 0 Å². The maximum absolute atomic E-state index is 11.1. The minimum absolute atomic E-state index is 0.216. The van der Waals surface area contributed by atoms with Crippen LogP contribution in [0.25, 0.3) is 0 Å². The van der Waals surface area contributed by atoms with Crippen LogP contribution in [-0.2, 0) is 20.7 Å². The van der Waals surface area contributed by atoms with Gasteiger partial charge in [0.15, 0.2) is 0 Å². The van der Waals surface area contributed by atoms with E-state index in [0.29, 0.717) is 6.42 Å². The summed E-state index contributed by atoms with van der Waals surface area (Å²) in [4.78, 5) is 22.0. The average Bonchev–Trinajstić information content (AvgIpc) is 2.47. The third-order valence-electron chi connectivity index (χ3n) is 2.29. The molecule has 14 heavy (non-hydrogen) atoms. The van der Waals surface area contributed by atoms with Crippen LogP contribution in [0.15, 0.2) is 30.3 Å². The molecule has 0 unspecified atom stereocenters. The number of ether oxygens (including phenoxy) is 1.